The molecule has 0 aliphatic heterocycles. The Kier molecular flexibility index (Phi) is 6.59. The highest BCUT2D eigenvalue weighted by Gasteiger charge is 2.37. The van der Waals surface area contributed by atoms with Gasteiger partial charge in [0.05, 0.1) is 13.7 Å². The largest absolute Gasteiger partial charge is 0.465 e. The zero-order valence-corrected chi connectivity index (χ0v) is 16.8. The van der Waals surface area contributed by atoms with E-state index in [1.54, 1.807) is 6.08 Å². The van der Waals surface area contributed by atoms with Crippen molar-refractivity contribution in [2.45, 2.75) is 45.5 Å². The monoisotopic (exact) mass is 384 g/mol. The van der Waals surface area contributed by atoms with E-state index in [2.05, 4.69) is 49.8 Å². The second-order valence-corrected chi connectivity index (χ2v) is 12.4. The summed E-state index contributed by atoms with van der Waals surface area (Å²) in [7, 11) is -0.438. The molecule has 0 bridgehead atoms. The summed E-state index contributed by atoms with van der Waals surface area (Å²) in [5, 5.41) is 0.171. The van der Waals surface area contributed by atoms with E-state index in [1.807, 2.05) is 24.3 Å². The molecule has 3 nitrogen and oxygen atoms in total. The first-order valence-corrected chi connectivity index (χ1v) is 11.0. The lowest BCUT2D eigenvalue weighted by atomic mass is 10.1. The lowest BCUT2D eigenvalue weighted by Gasteiger charge is -2.36. The maximum absolute atomic E-state index is 11.5. The highest BCUT2D eigenvalue weighted by Crippen LogP contribution is 2.37. The van der Waals surface area contributed by atoms with Gasteiger partial charge in [-0.3, -0.25) is 0 Å². The van der Waals surface area contributed by atoms with Crippen LogP contribution in [-0.4, -0.2) is 21.4 Å². The van der Waals surface area contributed by atoms with E-state index < -0.39 is 8.32 Å². The van der Waals surface area contributed by atoms with Crippen LogP contribution in [0.15, 0.2) is 28.7 Å². The molecule has 0 aliphatic rings. The average molecular weight is 385 g/mol. The zero-order valence-electron chi connectivity index (χ0n) is 14.2. The Bertz CT molecular complexity index is 559. The van der Waals surface area contributed by atoms with Crippen LogP contribution < -0.4 is 0 Å². The van der Waals surface area contributed by atoms with E-state index in [1.165, 1.54) is 7.11 Å². The molecule has 1 rings (SSSR count). The van der Waals surface area contributed by atoms with Crippen molar-refractivity contribution in [2.24, 2.45) is 0 Å². The van der Waals surface area contributed by atoms with Crippen molar-refractivity contribution in [3.05, 3.63) is 39.9 Å². The first-order chi connectivity index (χ1) is 10.1. The number of benzene rings is 1. The summed E-state index contributed by atoms with van der Waals surface area (Å²) in [6.45, 7) is 11.7. The molecule has 0 atom stereocenters. The van der Waals surface area contributed by atoms with Crippen molar-refractivity contribution in [2.75, 3.05) is 7.11 Å². The minimum atomic E-state index is -1.80. The molecule has 0 saturated carbocycles. The number of hydrogen-bond acceptors (Lipinski definition) is 3. The summed E-state index contributed by atoms with van der Waals surface area (Å²) in [5.41, 5.74) is 2.02. The second kappa shape index (κ2) is 7.57. The molecule has 0 aliphatic carbocycles. The van der Waals surface area contributed by atoms with Crippen LogP contribution >= 0.6 is 15.9 Å². The minimum absolute atomic E-state index is 0.171. The molecular formula is C17H25BrO3Si. The Morgan fingerprint density at radius 2 is 1.86 bits per heavy atom. The van der Waals surface area contributed by atoms with Crippen LogP contribution in [0, 0.1) is 0 Å². The third kappa shape index (κ3) is 5.07. The predicted octanol–water partition coefficient (Wildman–Crippen LogP) is 5.12. The van der Waals surface area contributed by atoms with Crippen LogP contribution in [0.25, 0.3) is 6.08 Å². The van der Waals surface area contributed by atoms with Gasteiger partial charge in [0.25, 0.3) is 0 Å². The fourth-order valence-corrected chi connectivity index (χ4v) is 2.93. The van der Waals surface area contributed by atoms with Crippen molar-refractivity contribution in [3.8, 4) is 0 Å². The van der Waals surface area contributed by atoms with Gasteiger partial charge in [-0.15, -0.1) is 0 Å². The number of carbonyl (C=O) groups excluding carboxylic acids is 1. The van der Waals surface area contributed by atoms with Crippen molar-refractivity contribution in [1.29, 1.82) is 0 Å². The summed E-state index contributed by atoms with van der Waals surface area (Å²) >= 11 is 3.25. The molecule has 0 heterocycles. The topological polar surface area (TPSA) is 35.5 Å². The van der Waals surface area contributed by atoms with Crippen LogP contribution in [0.4, 0.5) is 0 Å². The summed E-state index contributed by atoms with van der Waals surface area (Å²) < 4.78 is 11.4. The molecule has 1 aromatic carbocycles. The summed E-state index contributed by atoms with van der Waals surface area (Å²) in [5.74, 6) is -0.389. The molecule has 0 radical (unpaired) electrons. The van der Waals surface area contributed by atoms with Crippen molar-refractivity contribution < 1.29 is 14.0 Å². The Balaban J connectivity index is 2.97. The van der Waals surface area contributed by atoms with Crippen LogP contribution in [0.1, 0.15) is 31.9 Å². The van der Waals surface area contributed by atoms with Crippen LogP contribution in [-0.2, 0) is 20.6 Å². The SMILES string of the molecule is COC(=O)/C(Br)=C/c1ccccc1CO[Si](C)(C)C(C)(C)C. The Morgan fingerprint density at radius 3 is 2.41 bits per heavy atom. The quantitative estimate of drug-likeness (QED) is 0.401. The predicted molar refractivity (Wildman–Crippen MR) is 97.3 cm³/mol. The number of hydrogen-bond donors (Lipinski definition) is 0. The molecule has 0 fully saturated rings. The highest BCUT2D eigenvalue weighted by molar-refractivity contribution is 9.12. The number of esters is 1. The summed E-state index contributed by atoms with van der Waals surface area (Å²) in [6, 6.07) is 7.91. The molecule has 0 amide bonds. The van der Waals surface area contributed by atoms with Crippen molar-refractivity contribution >= 4 is 36.3 Å². The normalized spacial score (nSPS) is 13.1. The lowest BCUT2D eigenvalue weighted by Crippen LogP contribution is -2.40. The molecule has 0 aromatic heterocycles. The van der Waals surface area contributed by atoms with Gasteiger partial charge in [0.1, 0.15) is 4.48 Å². The van der Waals surface area contributed by atoms with Gasteiger partial charge < -0.3 is 9.16 Å². The zero-order chi connectivity index (χ0) is 17.0. The molecule has 0 spiro atoms. The fraction of sp³-hybridized carbons (Fsp3) is 0.471. The van der Waals surface area contributed by atoms with Crippen LogP contribution in [0.3, 0.4) is 0 Å². The lowest BCUT2D eigenvalue weighted by molar-refractivity contribution is -0.135. The molecule has 0 saturated heterocycles. The third-order valence-electron chi connectivity index (χ3n) is 4.11. The van der Waals surface area contributed by atoms with Gasteiger partial charge >= 0.3 is 5.97 Å². The molecule has 0 N–H and O–H groups in total. The van der Waals surface area contributed by atoms with Gasteiger partial charge in [-0.1, -0.05) is 45.0 Å². The molecular weight excluding hydrogens is 360 g/mol. The maximum Gasteiger partial charge on any atom is 0.344 e. The molecule has 22 heavy (non-hydrogen) atoms. The smallest absolute Gasteiger partial charge is 0.344 e. The molecule has 5 heteroatoms. The number of methoxy groups -OCH3 is 1. The average Bonchev–Trinajstić information content (AvgIpc) is 2.44. The number of carbonyl (C=O) groups is 1. The Labute approximate surface area is 143 Å². The minimum Gasteiger partial charge on any atom is -0.465 e. The van der Waals surface area contributed by atoms with E-state index in [4.69, 9.17) is 9.16 Å². The maximum atomic E-state index is 11.5. The number of ether oxygens (including phenoxy) is 1. The van der Waals surface area contributed by atoms with Crippen LogP contribution in [0.2, 0.25) is 18.1 Å². The van der Waals surface area contributed by atoms with Gasteiger partial charge in [0.15, 0.2) is 8.32 Å². The molecule has 1 aromatic rings. The summed E-state index contributed by atoms with van der Waals surface area (Å²) in [4.78, 5) is 11.5. The first-order valence-electron chi connectivity index (χ1n) is 7.26. The molecule has 122 valence electrons. The van der Waals surface area contributed by atoms with Gasteiger partial charge in [-0.05, 0) is 51.3 Å². The third-order valence-corrected chi connectivity index (χ3v) is 9.14. The number of rotatable bonds is 5. The Morgan fingerprint density at radius 1 is 1.27 bits per heavy atom. The van der Waals surface area contributed by atoms with E-state index in [0.717, 1.165) is 11.1 Å². The first kappa shape index (κ1) is 19.1. The van der Waals surface area contributed by atoms with Gasteiger partial charge in [-0.25, -0.2) is 4.79 Å². The summed E-state index contributed by atoms with van der Waals surface area (Å²) in [6.07, 6.45) is 1.77. The second-order valence-electron chi connectivity index (χ2n) is 6.73. The van der Waals surface area contributed by atoms with E-state index in [9.17, 15) is 4.79 Å². The van der Waals surface area contributed by atoms with Crippen molar-refractivity contribution in [1.82, 2.24) is 0 Å². The fourth-order valence-electron chi connectivity index (χ4n) is 1.57. The van der Waals surface area contributed by atoms with Crippen LogP contribution in [0.5, 0.6) is 0 Å². The van der Waals surface area contributed by atoms with Gasteiger partial charge in [0, 0.05) is 0 Å². The van der Waals surface area contributed by atoms with E-state index in [0.29, 0.717) is 11.1 Å². The van der Waals surface area contributed by atoms with Gasteiger partial charge in [-0.2, -0.15) is 0 Å². The highest BCUT2D eigenvalue weighted by atomic mass is 79.9. The van der Waals surface area contributed by atoms with E-state index >= 15 is 0 Å². The Hall–Kier alpha value is -0.913. The number of halogens is 1. The van der Waals surface area contributed by atoms with Crippen molar-refractivity contribution in [3.63, 3.8) is 0 Å². The van der Waals surface area contributed by atoms with Gasteiger partial charge in [0.2, 0.25) is 0 Å². The standard InChI is InChI=1S/C17H25BrO3Si/c1-17(2,3)22(5,6)21-12-14-10-8-7-9-13(14)11-15(18)16(19)20-4/h7-11H,12H2,1-6H3/b15-11-. The molecule has 0 unspecified atom stereocenters. The van der Waals surface area contributed by atoms with E-state index in [-0.39, 0.29) is 11.0 Å².